The normalized spacial score (nSPS) is 10.5. The minimum Gasteiger partial charge on any atom is -0.506 e. The first-order chi connectivity index (χ1) is 8.41. The number of aromatic hydroxyl groups is 1. The van der Waals surface area contributed by atoms with Gasteiger partial charge < -0.3 is 9.52 Å². The fourth-order valence-corrected chi connectivity index (χ4v) is 1.60. The van der Waals surface area contributed by atoms with Crippen LogP contribution in [0.4, 0.5) is 5.69 Å². The molecule has 1 heterocycles. The average Bonchev–Trinajstić information content (AvgIpc) is 2.27. The van der Waals surface area contributed by atoms with E-state index in [9.17, 15) is 24.8 Å². The summed E-state index contributed by atoms with van der Waals surface area (Å²) in [7, 11) is 0. The molecule has 0 aliphatic rings. The Morgan fingerprint density at radius 2 is 2.11 bits per heavy atom. The summed E-state index contributed by atoms with van der Waals surface area (Å²) < 4.78 is 4.81. The summed E-state index contributed by atoms with van der Waals surface area (Å²) in [6.45, 7) is 1.09. The smallest absolute Gasteiger partial charge is 0.351 e. The largest absolute Gasteiger partial charge is 0.506 e. The van der Waals surface area contributed by atoms with Gasteiger partial charge in [0.05, 0.1) is 10.3 Å². The number of ketones is 1. The standard InChI is InChI=1S/C11H7NO6/c1-5(13)9-10(14)7-4-6(12(16)17)2-3-8(7)18-11(9)15/h2-4,14H,1H3. The van der Waals surface area contributed by atoms with Crippen LogP contribution in [0.2, 0.25) is 0 Å². The second-order valence-electron chi connectivity index (χ2n) is 3.61. The molecule has 0 aliphatic heterocycles. The van der Waals surface area contributed by atoms with Crippen molar-refractivity contribution in [1.82, 2.24) is 0 Å². The molecule has 7 nitrogen and oxygen atoms in total. The van der Waals surface area contributed by atoms with Crippen LogP contribution < -0.4 is 5.63 Å². The number of Topliss-reactive ketones (excluding diaryl/α,β-unsaturated/α-hetero) is 1. The number of benzene rings is 1. The number of carbonyl (C=O) groups is 1. The number of hydrogen-bond acceptors (Lipinski definition) is 6. The van der Waals surface area contributed by atoms with Gasteiger partial charge in [-0.15, -0.1) is 0 Å². The van der Waals surface area contributed by atoms with Gasteiger partial charge in [0, 0.05) is 12.1 Å². The average molecular weight is 249 g/mol. The molecule has 0 radical (unpaired) electrons. The maximum Gasteiger partial charge on any atom is 0.351 e. The predicted molar refractivity (Wildman–Crippen MR) is 60.8 cm³/mol. The van der Waals surface area contributed by atoms with Crippen LogP contribution in [0.5, 0.6) is 5.75 Å². The van der Waals surface area contributed by atoms with Crippen LogP contribution >= 0.6 is 0 Å². The van der Waals surface area contributed by atoms with Crippen molar-refractivity contribution >= 4 is 22.4 Å². The van der Waals surface area contributed by atoms with E-state index < -0.39 is 27.6 Å². The van der Waals surface area contributed by atoms with Crippen LogP contribution in [0, 0.1) is 10.1 Å². The topological polar surface area (TPSA) is 111 Å². The Bertz CT molecular complexity index is 730. The highest BCUT2D eigenvalue weighted by atomic mass is 16.6. The molecule has 1 aromatic heterocycles. The molecule has 92 valence electrons. The van der Waals surface area contributed by atoms with Gasteiger partial charge in [0.1, 0.15) is 16.9 Å². The number of fused-ring (bicyclic) bond motifs is 1. The van der Waals surface area contributed by atoms with Gasteiger partial charge in [0.2, 0.25) is 0 Å². The minimum absolute atomic E-state index is 0.0203. The Balaban J connectivity index is 2.90. The van der Waals surface area contributed by atoms with Crippen LogP contribution in [0.25, 0.3) is 11.0 Å². The predicted octanol–water partition coefficient (Wildman–Crippen LogP) is 1.61. The SMILES string of the molecule is CC(=O)c1c(O)c2cc([N+](=O)[O-])ccc2oc1=O. The number of nitro benzene ring substituents is 1. The van der Waals surface area contributed by atoms with E-state index in [0.717, 1.165) is 19.1 Å². The zero-order valence-corrected chi connectivity index (χ0v) is 9.17. The zero-order chi connectivity index (χ0) is 13.4. The van der Waals surface area contributed by atoms with Crippen LogP contribution in [0.1, 0.15) is 17.3 Å². The van der Waals surface area contributed by atoms with Crippen molar-refractivity contribution in [3.05, 3.63) is 44.3 Å². The summed E-state index contributed by atoms with van der Waals surface area (Å²) >= 11 is 0. The van der Waals surface area contributed by atoms with Gasteiger partial charge in [0.25, 0.3) is 5.69 Å². The number of rotatable bonds is 2. The molecule has 2 rings (SSSR count). The molecule has 2 aromatic rings. The molecule has 1 N–H and O–H groups in total. The lowest BCUT2D eigenvalue weighted by molar-refractivity contribution is -0.384. The maximum absolute atomic E-state index is 11.4. The van der Waals surface area contributed by atoms with Gasteiger partial charge in [-0.25, -0.2) is 4.79 Å². The number of hydrogen-bond donors (Lipinski definition) is 1. The fourth-order valence-electron chi connectivity index (χ4n) is 1.60. The molecule has 18 heavy (non-hydrogen) atoms. The lowest BCUT2D eigenvalue weighted by Gasteiger charge is -2.03. The first-order valence-corrected chi connectivity index (χ1v) is 4.87. The highest BCUT2D eigenvalue weighted by molar-refractivity contribution is 6.01. The molecule has 7 heteroatoms. The molecule has 0 amide bonds. The molecule has 1 aromatic carbocycles. The van der Waals surface area contributed by atoms with Crippen molar-refractivity contribution in [2.24, 2.45) is 0 Å². The van der Waals surface area contributed by atoms with E-state index in [2.05, 4.69) is 0 Å². The van der Waals surface area contributed by atoms with E-state index in [1.54, 1.807) is 0 Å². The van der Waals surface area contributed by atoms with Gasteiger partial charge in [-0.2, -0.15) is 0 Å². The number of non-ortho nitro benzene ring substituents is 1. The third-order valence-electron chi connectivity index (χ3n) is 2.42. The lowest BCUT2D eigenvalue weighted by atomic mass is 10.1. The monoisotopic (exact) mass is 249 g/mol. The first-order valence-electron chi connectivity index (χ1n) is 4.87. The van der Waals surface area contributed by atoms with Crippen molar-refractivity contribution in [2.75, 3.05) is 0 Å². The Morgan fingerprint density at radius 3 is 2.67 bits per heavy atom. The van der Waals surface area contributed by atoms with E-state index in [1.807, 2.05) is 0 Å². The molecule has 0 unspecified atom stereocenters. The van der Waals surface area contributed by atoms with E-state index in [4.69, 9.17) is 4.42 Å². The molecular formula is C11H7NO6. The maximum atomic E-state index is 11.4. The lowest BCUT2D eigenvalue weighted by Crippen LogP contribution is -2.11. The highest BCUT2D eigenvalue weighted by Gasteiger charge is 2.19. The summed E-state index contributed by atoms with van der Waals surface area (Å²) in [5, 5.41) is 20.4. The molecule has 0 saturated carbocycles. The summed E-state index contributed by atoms with van der Waals surface area (Å²) in [4.78, 5) is 32.6. The second-order valence-corrected chi connectivity index (χ2v) is 3.61. The number of nitrogens with zero attached hydrogens (tertiary/aromatic N) is 1. The van der Waals surface area contributed by atoms with Crippen molar-refractivity contribution in [1.29, 1.82) is 0 Å². The fraction of sp³-hybridized carbons (Fsp3) is 0.0909. The number of carbonyl (C=O) groups excluding carboxylic acids is 1. The molecule has 0 spiro atoms. The van der Waals surface area contributed by atoms with Gasteiger partial charge in [-0.1, -0.05) is 0 Å². The third kappa shape index (κ3) is 1.71. The Hall–Kier alpha value is -2.70. The molecule has 0 fully saturated rings. The van der Waals surface area contributed by atoms with Crippen LogP contribution in [0.15, 0.2) is 27.4 Å². The van der Waals surface area contributed by atoms with Crippen LogP contribution in [0.3, 0.4) is 0 Å². The highest BCUT2D eigenvalue weighted by Crippen LogP contribution is 2.29. The van der Waals surface area contributed by atoms with Crippen molar-refractivity contribution in [2.45, 2.75) is 6.92 Å². The summed E-state index contributed by atoms with van der Waals surface area (Å²) in [5.74, 6) is -1.27. The zero-order valence-electron chi connectivity index (χ0n) is 9.17. The van der Waals surface area contributed by atoms with Crippen LogP contribution in [-0.4, -0.2) is 15.8 Å². The quantitative estimate of drug-likeness (QED) is 0.374. The third-order valence-corrected chi connectivity index (χ3v) is 2.42. The van der Waals surface area contributed by atoms with Gasteiger partial charge in [-0.05, 0) is 13.0 Å². The summed E-state index contributed by atoms with van der Waals surface area (Å²) in [6.07, 6.45) is 0. The Morgan fingerprint density at radius 1 is 1.44 bits per heavy atom. The van der Waals surface area contributed by atoms with Crippen molar-refractivity contribution in [3.8, 4) is 5.75 Å². The molecule has 0 aliphatic carbocycles. The Kier molecular flexibility index (Phi) is 2.59. The first kappa shape index (κ1) is 11.8. The van der Waals surface area contributed by atoms with E-state index in [1.165, 1.54) is 6.07 Å². The van der Waals surface area contributed by atoms with Crippen molar-refractivity contribution < 1.29 is 19.2 Å². The van der Waals surface area contributed by atoms with Crippen molar-refractivity contribution in [3.63, 3.8) is 0 Å². The van der Waals surface area contributed by atoms with Gasteiger partial charge >= 0.3 is 5.63 Å². The van der Waals surface area contributed by atoms with Gasteiger partial charge in [0.15, 0.2) is 5.78 Å². The second kappa shape index (κ2) is 3.95. The van der Waals surface area contributed by atoms with E-state index in [-0.39, 0.29) is 16.7 Å². The number of nitro groups is 1. The Labute approximate surface area is 99.4 Å². The van der Waals surface area contributed by atoms with Gasteiger partial charge in [-0.3, -0.25) is 14.9 Å². The summed E-state index contributed by atoms with van der Waals surface area (Å²) in [6, 6.07) is 3.37. The van der Waals surface area contributed by atoms with Crippen LogP contribution in [-0.2, 0) is 0 Å². The molecule has 0 bridgehead atoms. The molecule has 0 atom stereocenters. The van der Waals surface area contributed by atoms with E-state index in [0.29, 0.717) is 0 Å². The molecular weight excluding hydrogens is 242 g/mol. The molecule has 0 saturated heterocycles. The minimum atomic E-state index is -0.971. The summed E-state index contributed by atoms with van der Waals surface area (Å²) in [5.41, 5.74) is -1.78. The van der Waals surface area contributed by atoms with E-state index >= 15 is 0 Å².